The van der Waals surface area contributed by atoms with Crippen molar-refractivity contribution in [1.82, 2.24) is 5.32 Å². The Morgan fingerprint density at radius 1 is 1.82 bits per heavy atom. The summed E-state index contributed by atoms with van der Waals surface area (Å²) in [5.41, 5.74) is 0. The van der Waals surface area contributed by atoms with Crippen molar-refractivity contribution in [3.8, 4) is 0 Å². The molecule has 2 atom stereocenters. The normalized spacial score (nSPS) is 30.1. The Kier molecular flexibility index (Phi) is 2.09. The van der Waals surface area contributed by atoms with Crippen molar-refractivity contribution in [2.45, 2.75) is 18.6 Å². The summed E-state index contributed by atoms with van der Waals surface area (Å²) in [5, 5.41) is 10.8. The average molecular weight is 159 g/mol. The van der Waals surface area contributed by atoms with Gasteiger partial charge in [-0.15, -0.1) is 0 Å². The minimum absolute atomic E-state index is 0.213. The number of carbonyl (C=O) groups excluding carboxylic acids is 1. The first-order valence-corrected chi connectivity index (χ1v) is 3.21. The highest BCUT2D eigenvalue weighted by Crippen LogP contribution is 2.10. The molecule has 5 nitrogen and oxygen atoms in total. The Morgan fingerprint density at radius 3 is 2.73 bits per heavy atom. The summed E-state index contributed by atoms with van der Waals surface area (Å²) in [6, 6.07) is -0.785. The molecule has 1 aliphatic heterocycles. The first kappa shape index (κ1) is 8.00. The minimum atomic E-state index is -1.02. The van der Waals surface area contributed by atoms with E-state index in [1.54, 1.807) is 0 Å². The van der Waals surface area contributed by atoms with E-state index < -0.39 is 18.1 Å². The summed E-state index contributed by atoms with van der Waals surface area (Å²) < 4.78 is 4.73. The number of methoxy groups -OCH3 is 1. The van der Waals surface area contributed by atoms with Crippen LogP contribution in [0.4, 0.5) is 0 Å². The van der Waals surface area contributed by atoms with E-state index in [-0.39, 0.29) is 12.3 Å². The molecule has 5 heteroatoms. The van der Waals surface area contributed by atoms with E-state index in [0.29, 0.717) is 0 Å². The van der Waals surface area contributed by atoms with Gasteiger partial charge in [0.25, 0.3) is 0 Å². The lowest BCUT2D eigenvalue weighted by atomic mass is 10.2. The summed E-state index contributed by atoms with van der Waals surface area (Å²) in [4.78, 5) is 21.2. The van der Waals surface area contributed by atoms with Crippen LogP contribution in [-0.2, 0) is 14.3 Å². The van der Waals surface area contributed by atoms with Gasteiger partial charge in [-0.25, -0.2) is 4.79 Å². The fraction of sp³-hybridized carbons (Fsp3) is 0.667. The summed E-state index contributed by atoms with van der Waals surface area (Å²) in [6.45, 7) is 0. The van der Waals surface area contributed by atoms with Crippen LogP contribution in [0, 0.1) is 0 Å². The van der Waals surface area contributed by atoms with Gasteiger partial charge < -0.3 is 15.2 Å². The zero-order valence-electron chi connectivity index (χ0n) is 6.03. The Labute approximate surface area is 63.3 Å². The van der Waals surface area contributed by atoms with Crippen LogP contribution in [-0.4, -0.2) is 36.2 Å². The highest BCUT2D eigenvalue weighted by molar-refractivity contribution is 5.90. The van der Waals surface area contributed by atoms with Gasteiger partial charge in [-0.2, -0.15) is 0 Å². The van der Waals surface area contributed by atoms with Gasteiger partial charge in [0.15, 0.2) is 0 Å². The van der Waals surface area contributed by atoms with Crippen LogP contribution >= 0.6 is 0 Å². The van der Waals surface area contributed by atoms with Crippen molar-refractivity contribution < 1.29 is 19.4 Å². The molecule has 0 aromatic carbocycles. The zero-order chi connectivity index (χ0) is 8.43. The van der Waals surface area contributed by atoms with Crippen molar-refractivity contribution in [3.63, 3.8) is 0 Å². The fourth-order valence-corrected chi connectivity index (χ4v) is 1.01. The van der Waals surface area contributed by atoms with Crippen LogP contribution in [0.2, 0.25) is 0 Å². The molecule has 0 unspecified atom stereocenters. The number of carboxylic acid groups (broad SMARTS) is 1. The van der Waals surface area contributed by atoms with E-state index in [1.807, 2.05) is 0 Å². The SMILES string of the molecule is CO[C@H]1C[C@@H](C(=O)O)NC1=O. The predicted molar refractivity (Wildman–Crippen MR) is 35.0 cm³/mol. The molecule has 0 aromatic rings. The Hall–Kier alpha value is -1.10. The Morgan fingerprint density at radius 2 is 2.45 bits per heavy atom. The average Bonchev–Trinajstić information content (AvgIpc) is 2.31. The smallest absolute Gasteiger partial charge is 0.326 e. The van der Waals surface area contributed by atoms with Crippen molar-refractivity contribution in [2.75, 3.05) is 7.11 Å². The maximum atomic E-state index is 10.8. The van der Waals surface area contributed by atoms with Gasteiger partial charge in [-0.05, 0) is 0 Å². The van der Waals surface area contributed by atoms with Gasteiger partial charge in [0, 0.05) is 13.5 Å². The second kappa shape index (κ2) is 2.87. The number of amides is 1. The van der Waals surface area contributed by atoms with Crippen molar-refractivity contribution in [3.05, 3.63) is 0 Å². The van der Waals surface area contributed by atoms with E-state index in [4.69, 9.17) is 9.84 Å². The van der Waals surface area contributed by atoms with Gasteiger partial charge in [0.1, 0.15) is 12.1 Å². The van der Waals surface area contributed by atoms with E-state index in [1.165, 1.54) is 7.11 Å². The molecule has 0 aliphatic carbocycles. The van der Waals surface area contributed by atoms with Gasteiger partial charge >= 0.3 is 5.97 Å². The van der Waals surface area contributed by atoms with Gasteiger partial charge in [-0.3, -0.25) is 4.79 Å². The van der Waals surface area contributed by atoms with Crippen LogP contribution in [0.5, 0.6) is 0 Å². The molecule has 1 amide bonds. The molecule has 0 aromatic heterocycles. The monoisotopic (exact) mass is 159 g/mol. The molecule has 1 saturated heterocycles. The second-order valence-corrected chi connectivity index (χ2v) is 2.36. The second-order valence-electron chi connectivity index (χ2n) is 2.36. The lowest BCUT2D eigenvalue weighted by Crippen LogP contribution is -2.33. The summed E-state index contributed by atoms with van der Waals surface area (Å²) in [5.74, 6) is -1.36. The fourth-order valence-electron chi connectivity index (χ4n) is 1.01. The third kappa shape index (κ3) is 1.48. The standard InChI is InChI=1S/C6H9NO4/c1-11-4-2-3(6(9)10)7-5(4)8/h3-4H,2H2,1H3,(H,7,8)(H,9,10)/t3-,4-/m0/s1. The van der Waals surface area contributed by atoms with Gasteiger partial charge in [0.2, 0.25) is 5.91 Å². The molecule has 0 spiro atoms. The van der Waals surface area contributed by atoms with E-state index in [2.05, 4.69) is 5.32 Å². The van der Waals surface area contributed by atoms with Crippen molar-refractivity contribution >= 4 is 11.9 Å². The largest absolute Gasteiger partial charge is 0.480 e. The van der Waals surface area contributed by atoms with Gasteiger partial charge in [-0.1, -0.05) is 0 Å². The Balaban J connectivity index is 2.56. The molecular formula is C6H9NO4. The maximum Gasteiger partial charge on any atom is 0.326 e. The number of carbonyl (C=O) groups is 2. The molecule has 0 radical (unpaired) electrons. The minimum Gasteiger partial charge on any atom is -0.480 e. The lowest BCUT2D eigenvalue weighted by Gasteiger charge is -2.01. The number of aliphatic carboxylic acids is 1. The molecule has 62 valence electrons. The predicted octanol–water partition coefficient (Wildman–Crippen LogP) is -1.03. The molecule has 0 saturated carbocycles. The molecule has 2 N–H and O–H groups in total. The number of rotatable bonds is 2. The summed E-state index contributed by atoms with van der Waals surface area (Å²) in [6.07, 6.45) is -0.388. The third-order valence-electron chi connectivity index (χ3n) is 1.64. The lowest BCUT2D eigenvalue weighted by molar-refractivity contribution is -0.140. The van der Waals surface area contributed by atoms with Gasteiger partial charge in [0.05, 0.1) is 0 Å². The molecular weight excluding hydrogens is 150 g/mol. The van der Waals surface area contributed by atoms with E-state index >= 15 is 0 Å². The van der Waals surface area contributed by atoms with Crippen molar-refractivity contribution in [1.29, 1.82) is 0 Å². The highest BCUT2D eigenvalue weighted by Gasteiger charge is 2.35. The quantitative estimate of drug-likeness (QED) is 0.540. The van der Waals surface area contributed by atoms with Crippen LogP contribution < -0.4 is 5.32 Å². The molecule has 1 heterocycles. The summed E-state index contributed by atoms with van der Waals surface area (Å²) in [7, 11) is 1.38. The first-order valence-electron chi connectivity index (χ1n) is 3.21. The number of hydrogen-bond donors (Lipinski definition) is 2. The maximum absolute atomic E-state index is 10.8. The molecule has 0 bridgehead atoms. The Bertz CT molecular complexity index is 191. The highest BCUT2D eigenvalue weighted by atomic mass is 16.5. The molecule has 1 rings (SSSR count). The number of ether oxygens (including phenoxy) is 1. The zero-order valence-corrected chi connectivity index (χ0v) is 6.03. The molecule has 1 aliphatic rings. The number of nitrogens with one attached hydrogen (secondary N) is 1. The van der Waals surface area contributed by atoms with Crippen LogP contribution in [0.25, 0.3) is 0 Å². The van der Waals surface area contributed by atoms with Crippen LogP contribution in [0.3, 0.4) is 0 Å². The topological polar surface area (TPSA) is 75.6 Å². The molecule has 11 heavy (non-hydrogen) atoms. The van der Waals surface area contributed by atoms with Crippen molar-refractivity contribution in [2.24, 2.45) is 0 Å². The summed E-state index contributed by atoms with van der Waals surface area (Å²) >= 11 is 0. The first-order chi connectivity index (χ1) is 5.15. The van der Waals surface area contributed by atoms with E-state index in [9.17, 15) is 9.59 Å². The van der Waals surface area contributed by atoms with E-state index in [0.717, 1.165) is 0 Å². The number of hydrogen-bond acceptors (Lipinski definition) is 3. The number of carboxylic acids is 1. The third-order valence-corrected chi connectivity index (χ3v) is 1.64. The van der Waals surface area contributed by atoms with Crippen LogP contribution in [0.15, 0.2) is 0 Å². The van der Waals surface area contributed by atoms with Crippen LogP contribution in [0.1, 0.15) is 6.42 Å². The molecule has 1 fully saturated rings.